The molecule has 1 aromatic heterocycles. The number of fused-ring (bicyclic) bond motifs is 2. The van der Waals surface area contributed by atoms with Gasteiger partial charge in [0.2, 0.25) is 0 Å². The Labute approximate surface area is 187 Å². The predicted octanol–water partition coefficient (Wildman–Crippen LogP) is 5.16. The second kappa shape index (κ2) is 8.80. The van der Waals surface area contributed by atoms with Crippen LogP contribution >= 0.6 is 23.2 Å². The lowest BCUT2D eigenvalue weighted by atomic mass is 10.1. The number of hydrogen-bond acceptors (Lipinski definition) is 5. The van der Waals surface area contributed by atoms with Crippen LogP contribution in [-0.4, -0.2) is 29.9 Å². The highest BCUT2D eigenvalue weighted by Gasteiger charge is 2.24. The lowest BCUT2D eigenvalue weighted by Crippen LogP contribution is -2.36. The molecule has 1 aliphatic rings. The number of nitrogens with one attached hydrogen (secondary N) is 1. The molecule has 0 saturated heterocycles. The first-order chi connectivity index (χ1) is 15.0. The zero-order valence-corrected chi connectivity index (χ0v) is 17.5. The first-order valence-electron chi connectivity index (χ1n) is 9.27. The minimum Gasteiger partial charge on any atom is -0.489 e. The predicted molar refractivity (Wildman–Crippen MR) is 119 cm³/mol. The van der Waals surface area contributed by atoms with Crippen LogP contribution in [0.1, 0.15) is 5.56 Å². The van der Waals surface area contributed by atoms with Crippen LogP contribution in [0, 0.1) is 17.1 Å². The zero-order chi connectivity index (χ0) is 22.0. The number of anilines is 3. The third-order valence-corrected chi connectivity index (χ3v) is 5.20. The van der Waals surface area contributed by atoms with Crippen LogP contribution in [0.25, 0.3) is 10.9 Å². The molecule has 0 saturated carbocycles. The highest BCUT2D eigenvalue weighted by Crippen LogP contribution is 2.39. The van der Waals surface area contributed by atoms with Crippen LogP contribution in [0.4, 0.5) is 21.5 Å². The Bertz CT molecular complexity index is 1260. The quantitative estimate of drug-likeness (QED) is 0.433. The molecule has 0 fully saturated rings. The fourth-order valence-electron chi connectivity index (χ4n) is 3.30. The summed E-state index contributed by atoms with van der Waals surface area (Å²) in [6.45, 7) is 0.708. The van der Waals surface area contributed by atoms with Crippen molar-refractivity contribution in [3.63, 3.8) is 0 Å². The van der Waals surface area contributed by atoms with E-state index in [2.05, 4.69) is 16.4 Å². The highest BCUT2D eigenvalue weighted by atomic mass is 35.5. The minimum absolute atomic E-state index is 0.0458. The van der Waals surface area contributed by atoms with Gasteiger partial charge in [0.15, 0.2) is 0 Å². The molecule has 156 valence electrons. The van der Waals surface area contributed by atoms with Crippen molar-refractivity contribution in [1.82, 2.24) is 4.98 Å². The number of alkyl halides is 1. The molecule has 6 nitrogen and oxygen atoms in total. The van der Waals surface area contributed by atoms with Crippen molar-refractivity contribution >= 4 is 57.1 Å². The maximum absolute atomic E-state index is 13.5. The topological polar surface area (TPSA) is 78.3 Å². The SMILES string of the molecule is N#Cc1cnc2cc3c(cc2c1Nc1ccc(F)c(Cl)c1)N(C(=O)/C=C/CCl)CCO3. The molecular formula is C22H15Cl2FN4O2. The van der Waals surface area contributed by atoms with E-state index in [0.717, 1.165) is 0 Å². The summed E-state index contributed by atoms with van der Waals surface area (Å²) in [6, 6.07) is 9.76. The summed E-state index contributed by atoms with van der Waals surface area (Å²) in [7, 11) is 0. The van der Waals surface area contributed by atoms with Gasteiger partial charge < -0.3 is 15.0 Å². The number of amides is 1. The Hall–Kier alpha value is -3.34. The number of allylic oxidation sites excluding steroid dienone is 1. The second-order valence-corrected chi connectivity index (χ2v) is 7.36. The third-order valence-electron chi connectivity index (χ3n) is 4.74. The first kappa shape index (κ1) is 20.9. The van der Waals surface area contributed by atoms with Crippen LogP contribution in [0.15, 0.2) is 48.7 Å². The standard InChI is InChI=1S/C22H15Cl2FN4O2/c23-5-1-2-21(30)29-6-7-31-20-10-18-15(9-19(20)29)22(13(11-26)12-27-18)28-14-3-4-17(25)16(24)8-14/h1-4,8-10,12H,5-7H2,(H,27,28)/b2-1+. The number of aromatic nitrogens is 1. The zero-order valence-electron chi connectivity index (χ0n) is 16.0. The van der Waals surface area contributed by atoms with Crippen molar-refractivity contribution in [2.24, 2.45) is 0 Å². The van der Waals surface area contributed by atoms with E-state index in [1.54, 1.807) is 23.1 Å². The largest absolute Gasteiger partial charge is 0.489 e. The van der Waals surface area contributed by atoms with Gasteiger partial charge in [-0.05, 0) is 24.3 Å². The molecule has 0 atom stereocenters. The molecule has 2 aromatic carbocycles. The van der Waals surface area contributed by atoms with Crippen LogP contribution in [0.5, 0.6) is 5.75 Å². The minimum atomic E-state index is -0.544. The molecular weight excluding hydrogens is 442 g/mol. The van der Waals surface area contributed by atoms with Gasteiger partial charge in [-0.1, -0.05) is 17.7 Å². The van der Waals surface area contributed by atoms with Crippen molar-refractivity contribution in [3.8, 4) is 11.8 Å². The average molecular weight is 457 g/mol. The third kappa shape index (κ3) is 4.13. The van der Waals surface area contributed by atoms with Crippen LogP contribution in [0.3, 0.4) is 0 Å². The summed E-state index contributed by atoms with van der Waals surface area (Å²) in [4.78, 5) is 18.5. The van der Waals surface area contributed by atoms with E-state index < -0.39 is 5.82 Å². The number of nitriles is 1. The number of nitrogens with zero attached hydrogens (tertiary/aromatic N) is 3. The van der Waals surface area contributed by atoms with E-state index in [1.165, 1.54) is 30.5 Å². The Morgan fingerprint density at radius 1 is 1.39 bits per heavy atom. The number of hydrogen-bond donors (Lipinski definition) is 1. The number of carbonyl (C=O) groups is 1. The Kier molecular flexibility index (Phi) is 5.94. The van der Waals surface area contributed by atoms with Crippen LogP contribution in [0.2, 0.25) is 5.02 Å². The van der Waals surface area contributed by atoms with Crippen LogP contribution in [-0.2, 0) is 4.79 Å². The highest BCUT2D eigenvalue weighted by molar-refractivity contribution is 6.31. The van der Waals surface area contributed by atoms with Gasteiger partial charge in [-0.3, -0.25) is 9.78 Å². The molecule has 1 aliphatic heterocycles. The number of halogens is 3. The van der Waals surface area contributed by atoms with Gasteiger partial charge in [-0.15, -0.1) is 11.6 Å². The monoisotopic (exact) mass is 456 g/mol. The van der Waals surface area contributed by atoms with Gasteiger partial charge in [0.1, 0.15) is 24.2 Å². The fraction of sp³-hybridized carbons (Fsp3) is 0.136. The van der Waals surface area contributed by atoms with E-state index in [1.807, 2.05) is 0 Å². The van der Waals surface area contributed by atoms with Gasteiger partial charge in [0.25, 0.3) is 5.91 Å². The summed E-state index contributed by atoms with van der Waals surface area (Å²) in [5.74, 6) is -0.0319. The van der Waals surface area contributed by atoms with Crippen molar-refractivity contribution in [2.45, 2.75) is 0 Å². The van der Waals surface area contributed by atoms with Gasteiger partial charge in [0.05, 0.1) is 34.0 Å². The Morgan fingerprint density at radius 2 is 2.23 bits per heavy atom. The number of rotatable bonds is 4. The number of pyridine rings is 1. The smallest absolute Gasteiger partial charge is 0.250 e. The summed E-state index contributed by atoms with van der Waals surface area (Å²) in [5, 5.41) is 13.3. The van der Waals surface area contributed by atoms with Gasteiger partial charge >= 0.3 is 0 Å². The first-order valence-corrected chi connectivity index (χ1v) is 10.2. The lowest BCUT2D eigenvalue weighted by molar-refractivity contribution is -0.114. The number of benzene rings is 2. The molecule has 0 radical (unpaired) electrons. The summed E-state index contributed by atoms with van der Waals surface area (Å²) < 4.78 is 19.3. The molecule has 0 spiro atoms. The molecule has 0 unspecified atom stereocenters. The Balaban J connectivity index is 1.85. The molecule has 0 aliphatic carbocycles. The maximum Gasteiger partial charge on any atom is 0.250 e. The van der Waals surface area contributed by atoms with Crippen molar-refractivity contribution in [2.75, 3.05) is 29.2 Å². The van der Waals surface area contributed by atoms with E-state index in [4.69, 9.17) is 27.9 Å². The molecule has 31 heavy (non-hydrogen) atoms. The summed E-state index contributed by atoms with van der Waals surface area (Å²) in [5.41, 5.74) is 2.37. The second-order valence-electron chi connectivity index (χ2n) is 6.64. The Morgan fingerprint density at radius 3 is 2.97 bits per heavy atom. The fourth-order valence-corrected chi connectivity index (χ4v) is 3.57. The van der Waals surface area contributed by atoms with Crippen LogP contribution < -0.4 is 15.0 Å². The molecule has 4 rings (SSSR count). The van der Waals surface area contributed by atoms with Gasteiger partial charge in [0, 0.05) is 35.3 Å². The number of carbonyl (C=O) groups excluding carboxylic acids is 1. The van der Waals surface area contributed by atoms with Gasteiger partial charge in [-0.2, -0.15) is 5.26 Å². The molecule has 9 heteroatoms. The van der Waals surface area contributed by atoms with Gasteiger partial charge in [-0.25, -0.2) is 4.39 Å². The average Bonchev–Trinajstić information content (AvgIpc) is 2.78. The van der Waals surface area contributed by atoms with E-state index in [9.17, 15) is 14.4 Å². The van der Waals surface area contributed by atoms with Crippen molar-refractivity contribution in [1.29, 1.82) is 5.26 Å². The van der Waals surface area contributed by atoms with E-state index >= 15 is 0 Å². The van der Waals surface area contributed by atoms with E-state index in [0.29, 0.717) is 46.9 Å². The molecule has 0 bridgehead atoms. The summed E-state index contributed by atoms with van der Waals surface area (Å²) in [6.07, 6.45) is 4.42. The molecule has 2 heterocycles. The normalized spacial score (nSPS) is 13.0. The van der Waals surface area contributed by atoms with Crippen molar-refractivity contribution < 1.29 is 13.9 Å². The lowest BCUT2D eigenvalue weighted by Gasteiger charge is -2.29. The summed E-state index contributed by atoms with van der Waals surface area (Å²) >= 11 is 11.5. The number of ether oxygens (including phenoxy) is 1. The van der Waals surface area contributed by atoms with Crippen molar-refractivity contribution in [3.05, 3.63) is 65.1 Å². The molecule has 1 N–H and O–H groups in total. The maximum atomic E-state index is 13.5. The molecule has 1 amide bonds. The molecule has 3 aromatic rings. The van der Waals surface area contributed by atoms with E-state index in [-0.39, 0.29) is 22.4 Å².